The van der Waals surface area contributed by atoms with Crippen LogP contribution in [0.2, 0.25) is 0 Å². The highest BCUT2D eigenvalue weighted by atomic mass is 16.5. The van der Waals surface area contributed by atoms with Gasteiger partial charge in [0.1, 0.15) is 5.75 Å². The maximum Gasteiger partial charge on any atom is 0.165 e. The van der Waals surface area contributed by atoms with Crippen molar-refractivity contribution < 1.29 is 9.53 Å². The molecule has 1 aromatic rings. The minimum atomic E-state index is 0.0875. The van der Waals surface area contributed by atoms with Gasteiger partial charge in [0, 0.05) is 13.1 Å². The fourth-order valence-electron chi connectivity index (χ4n) is 3.74. The average Bonchev–Trinajstić information content (AvgIpc) is 2.98. The Hall–Kier alpha value is -1.51. The number of hydrogen-bond acceptors (Lipinski definition) is 3. The van der Waals surface area contributed by atoms with Gasteiger partial charge >= 0.3 is 0 Å². The molecular formula is C16H21NO2. The molecule has 2 fully saturated rings. The van der Waals surface area contributed by atoms with E-state index in [1.165, 1.54) is 19.3 Å². The molecule has 2 aliphatic rings. The minimum Gasteiger partial charge on any atom is -0.496 e. The molecule has 0 radical (unpaired) electrons. The van der Waals surface area contributed by atoms with E-state index >= 15 is 0 Å². The third-order valence-corrected chi connectivity index (χ3v) is 4.64. The second kappa shape index (κ2) is 4.87. The number of ketones is 1. The van der Waals surface area contributed by atoms with Crippen molar-refractivity contribution in [3.8, 4) is 5.75 Å². The SMILES string of the molecule is COc1cccc(N2CC3CCCC3C2)c1C(C)=O. The Morgan fingerprint density at radius 3 is 2.53 bits per heavy atom. The number of ether oxygens (including phenoxy) is 1. The normalized spacial score (nSPS) is 25.5. The van der Waals surface area contributed by atoms with E-state index in [2.05, 4.69) is 11.0 Å². The number of anilines is 1. The molecule has 19 heavy (non-hydrogen) atoms. The highest BCUT2D eigenvalue weighted by Gasteiger charge is 2.37. The highest BCUT2D eigenvalue weighted by Crippen LogP contribution is 2.41. The van der Waals surface area contributed by atoms with Crippen LogP contribution < -0.4 is 9.64 Å². The van der Waals surface area contributed by atoms with E-state index in [0.29, 0.717) is 5.75 Å². The number of carbonyl (C=O) groups is 1. The quantitative estimate of drug-likeness (QED) is 0.781. The molecule has 1 aromatic carbocycles. The van der Waals surface area contributed by atoms with Crippen molar-refractivity contribution in [2.75, 3.05) is 25.1 Å². The van der Waals surface area contributed by atoms with E-state index in [1.54, 1.807) is 14.0 Å². The summed E-state index contributed by atoms with van der Waals surface area (Å²) >= 11 is 0. The second-order valence-electron chi connectivity index (χ2n) is 5.77. The molecule has 1 heterocycles. The van der Waals surface area contributed by atoms with E-state index in [-0.39, 0.29) is 5.78 Å². The summed E-state index contributed by atoms with van der Waals surface area (Å²) in [5.41, 5.74) is 1.80. The summed E-state index contributed by atoms with van der Waals surface area (Å²) in [6, 6.07) is 5.91. The molecule has 1 aliphatic carbocycles. The molecule has 3 rings (SSSR count). The molecule has 0 amide bonds. The van der Waals surface area contributed by atoms with Gasteiger partial charge in [-0.1, -0.05) is 12.5 Å². The summed E-state index contributed by atoms with van der Waals surface area (Å²) in [6.07, 6.45) is 4.07. The summed E-state index contributed by atoms with van der Waals surface area (Å²) in [4.78, 5) is 14.3. The van der Waals surface area contributed by atoms with E-state index in [4.69, 9.17) is 4.74 Å². The topological polar surface area (TPSA) is 29.5 Å². The lowest BCUT2D eigenvalue weighted by Crippen LogP contribution is -2.23. The molecule has 1 saturated heterocycles. The number of methoxy groups -OCH3 is 1. The van der Waals surface area contributed by atoms with Gasteiger partial charge in [-0.05, 0) is 43.7 Å². The predicted octanol–water partition coefficient (Wildman–Crippen LogP) is 3.13. The first-order valence-electron chi connectivity index (χ1n) is 7.13. The molecule has 3 nitrogen and oxygen atoms in total. The van der Waals surface area contributed by atoms with Crippen molar-refractivity contribution in [3.05, 3.63) is 23.8 Å². The van der Waals surface area contributed by atoms with Crippen molar-refractivity contribution in [1.29, 1.82) is 0 Å². The van der Waals surface area contributed by atoms with Crippen molar-refractivity contribution in [2.45, 2.75) is 26.2 Å². The zero-order valence-corrected chi connectivity index (χ0v) is 11.7. The van der Waals surface area contributed by atoms with Crippen molar-refractivity contribution in [2.24, 2.45) is 11.8 Å². The Morgan fingerprint density at radius 1 is 1.26 bits per heavy atom. The van der Waals surface area contributed by atoms with Gasteiger partial charge in [0.15, 0.2) is 5.78 Å². The second-order valence-corrected chi connectivity index (χ2v) is 5.77. The van der Waals surface area contributed by atoms with Gasteiger partial charge in [-0.25, -0.2) is 0 Å². The van der Waals surface area contributed by atoms with Crippen LogP contribution in [-0.2, 0) is 0 Å². The zero-order chi connectivity index (χ0) is 13.4. The van der Waals surface area contributed by atoms with Gasteiger partial charge in [0.05, 0.1) is 18.4 Å². The Morgan fingerprint density at radius 2 is 1.95 bits per heavy atom. The predicted molar refractivity (Wildman–Crippen MR) is 76.0 cm³/mol. The van der Waals surface area contributed by atoms with Crippen molar-refractivity contribution in [1.82, 2.24) is 0 Å². The van der Waals surface area contributed by atoms with Crippen LogP contribution in [-0.4, -0.2) is 26.0 Å². The van der Waals surface area contributed by atoms with Gasteiger partial charge in [-0.2, -0.15) is 0 Å². The molecule has 102 valence electrons. The van der Waals surface area contributed by atoms with Crippen LogP contribution in [0, 0.1) is 11.8 Å². The molecule has 0 spiro atoms. The summed E-state index contributed by atoms with van der Waals surface area (Å²) in [7, 11) is 1.63. The maximum atomic E-state index is 11.9. The lowest BCUT2D eigenvalue weighted by atomic mass is 10.0. The summed E-state index contributed by atoms with van der Waals surface area (Å²) < 4.78 is 5.35. The molecular weight excluding hydrogens is 238 g/mol. The van der Waals surface area contributed by atoms with Crippen LogP contribution in [0.3, 0.4) is 0 Å². The molecule has 2 atom stereocenters. The van der Waals surface area contributed by atoms with Gasteiger partial charge in [0.2, 0.25) is 0 Å². The summed E-state index contributed by atoms with van der Waals surface area (Å²) in [5, 5.41) is 0. The fourth-order valence-corrected chi connectivity index (χ4v) is 3.74. The molecule has 1 aliphatic heterocycles. The van der Waals surface area contributed by atoms with Crippen LogP contribution in [0.1, 0.15) is 36.5 Å². The molecule has 1 saturated carbocycles. The fraction of sp³-hybridized carbons (Fsp3) is 0.562. The number of benzene rings is 1. The number of fused-ring (bicyclic) bond motifs is 1. The van der Waals surface area contributed by atoms with Crippen molar-refractivity contribution in [3.63, 3.8) is 0 Å². The Labute approximate surface area is 114 Å². The minimum absolute atomic E-state index is 0.0875. The largest absolute Gasteiger partial charge is 0.496 e. The Balaban J connectivity index is 1.94. The van der Waals surface area contributed by atoms with Crippen LogP contribution in [0.5, 0.6) is 5.75 Å². The number of carbonyl (C=O) groups excluding carboxylic acids is 1. The zero-order valence-electron chi connectivity index (χ0n) is 11.7. The Kier molecular flexibility index (Phi) is 3.21. The van der Waals surface area contributed by atoms with E-state index in [1.807, 2.05) is 12.1 Å². The van der Waals surface area contributed by atoms with Gasteiger partial charge in [-0.3, -0.25) is 4.79 Å². The molecule has 2 unspecified atom stereocenters. The van der Waals surface area contributed by atoms with Crippen LogP contribution in [0.15, 0.2) is 18.2 Å². The summed E-state index contributed by atoms with van der Waals surface area (Å²) in [5.74, 6) is 2.43. The maximum absolute atomic E-state index is 11.9. The standard InChI is InChI=1S/C16H21NO2/c1-11(18)16-14(7-4-8-15(16)19-2)17-9-12-5-3-6-13(12)10-17/h4,7-8,12-13H,3,5-6,9-10H2,1-2H3. The van der Waals surface area contributed by atoms with E-state index in [0.717, 1.165) is 36.2 Å². The first kappa shape index (κ1) is 12.5. The average molecular weight is 259 g/mol. The lowest BCUT2D eigenvalue weighted by Gasteiger charge is -2.23. The van der Waals surface area contributed by atoms with Gasteiger partial charge in [-0.15, -0.1) is 0 Å². The summed E-state index contributed by atoms with van der Waals surface area (Å²) in [6.45, 7) is 3.81. The third kappa shape index (κ3) is 2.11. The van der Waals surface area contributed by atoms with Gasteiger partial charge in [0.25, 0.3) is 0 Å². The molecule has 0 aromatic heterocycles. The van der Waals surface area contributed by atoms with Gasteiger partial charge < -0.3 is 9.64 Å². The molecule has 3 heteroatoms. The number of nitrogens with zero attached hydrogens (tertiary/aromatic N) is 1. The van der Waals surface area contributed by atoms with Crippen molar-refractivity contribution >= 4 is 11.5 Å². The smallest absolute Gasteiger partial charge is 0.165 e. The number of hydrogen-bond donors (Lipinski definition) is 0. The van der Waals surface area contributed by atoms with Crippen LogP contribution in [0.4, 0.5) is 5.69 Å². The van der Waals surface area contributed by atoms with Crippen LogP contribution in [0.25, 0.3) is 0 Å². The Bertz CT molecular complexity index is 486. The lowest BCUT2D eigenvalue weighted by molar-refractivity contribution is 0.101. The number of rotatable bonds is 3. The molecule has 0 bridgehead atoms. The number of Topliss-reactive ketones (excluding diaryl/α,β-unsaturated/α-hetero) is 1. The van der Waals surface area contributed by atoms with Crippen LogP contribution >= 0.6 is 0 Å². The third-order valence-electron chi connectivity index (χ3n) is 4.64. The van der Waals surface area contributed by atoms with E-state index in [9.17, 15) is 4.79 Å². The monoisotopic (exact) mass is 259 g/mol. The highest BCUT2D eigenvalue weighted by molar-refractivity contribution is 6.02. The van der Waals surface area contributed by atoms with E-state index < -0.39 is 0 Å². The first-order chi connectivity index (χ1) is 9.20. The molecule has 0 N–H and O–H groups in total. The first-order valence-corrected chi connectivity index (χ1v) is 7.13.